The van der Waals surface area contributed by atoms with E-state index in [1.54, 1.807) is 0 Å². The Morgan fingerprint density at radius 1 is 1.60 bits per heavy atom. The molecule has 0 aliphatic carbocycles. The van der Waals surface area contributed by atoms with E-state index in [1.807, 2.05) is 13.8 Å². The van der Waals surface area contributed by atoms with Crippen LogP contribution < -0.4 is 5.32 Å². The Morgan fingerprint density at radius 2 is 2.40 bits per heavy atom. The quantitative estimate of drug-likeness (QED) is 0.340. The van der Waals surface area contributed by atoms with E-state index in [1.165, 1.54) is 0 Å². The van der Waals surface area contributed by atoms with Gasteiger partial charge < -0.3 is 9.74 Å². The third kappa shape index (κ3) is 7.88. The van der Waals surface area contributed by atoms with Gasteiger partial charge in [-0.15, -0.1) is 0 Å². The molecule has 0 saturated heterocycles. The predicted molar refractivity (Wildman–Crippen MR) is 47.9 cm³/mol. The van der Waals surface area contributed by atoms with Crippen molar-refractivity contribution in [3.05, 3.63) is 12.2 Å². The van der Waals surface area contributed by atoms with Crippen LogP contribution in [0.2, 0.25) is 0 Å². The second-order valence-corrected chi connectivity index (χ2v) is 3.29. The fourth-order valence-electron chi connectivity index (χ4n) is 0.592. The van der Waals surface area contributed by atoms with Crippen LogP contribution in [0.25, 0.3) is 0 Å². The number of nitrogens with one attached hydrogen (secondary N) is 1. The lowest BCUT2D eigenvalue weighted by Crippen LogP contribution is -2.22. The van der Waals surface area contributed by atoms with E-state index in [0.29, 0.717) is 0 Å². The molecule has 10 heavy (non-hydrogen) atoms. The van der Waals surface area contributed by atoms with E-state index in [2.05, 4.69) is 17.5 Å². The minimum Gasteiger partial charge on any atom is -0.423 e. The molecule has 60 valence electrons. The van der Waals surface area contributed by atoms with Gasteiger partial charge in [0.05, 0.1) is 0 Å². The van der Waals surface area contributed by atoms with Gasteiger partial charge in [0.25, 0.3) is 0 Å². The Bertz CT molecular complexity index is 85.7. The molecule has 0 spiro atoms. The Hall–Kier alpha value is -0.123. The smallest absolute Gasteiger partial charge is 0.175 e. The van der Waals surface area contributed by atoms with Gasteiger partial charge in [0.15, 0.2) is 9.76 Å². The molecule has 0 aromatic heterocycles. The van der Waals surface area contributed by atoms with Crippen LogP contribution in [0.1, 0.15) is 13.8 Å². The van der Waals surface area contributed by atoms with E-state index in [9.17, 15) is 0 Å². The van der Waals surface area contributed by atoms with Crippen molar-refractivity contribution in [1.82, 2.24) is 5.32 Å². The summed E-state index contributed by atoms with van der Waals surface area (Å²) in [4.78, 5) is 0. The number of allylic oxidation sites excluding steroid dienone is 1. The monoisotopic (exact) mass is 159 g/mol. The maximum absolute atomic E-state index is 5.27. The highest BCUT2D eigenvalue weighted by atomic mass is 28.2. The summed E-state index contributed by atoms with van der Waals surface area (Å²) < 4.78 is 5.27. The zero-order valence-corrected chi connectivity index (χ0v) is 8.31. The SMILES string of the molecule is CC=CCNC[SiH2]OCC. The molecule has 0 heterocycles. The van der Waals surface area contributed by atoms with Gasteiger partial charge in [0.2, 0.25) is 0 Å². The van der Waals surface area contributed by atoms with Crippen molar-refractivity contribution in [2.75, 3.05) is 19.3 Å². The normalized spacial score (nSPS) is 12.2. The van der Waals surface area contributed by atoms with Gasteiger partial charge in [-0.25, -0.2) is 0 Å². The molecule has 0 radical (unpaired) electrons. The van der Waals surface area contributed by atoms with E-state index in [-0.39, 0.29) is 9.76 Å². The zero-order valence-electron chi connectivity index (χ0n) is 6.89. The summed E-state index contributed by atoms with van der Waals surface area (Å²) in [5.41, 5.74) is 0. The van der Waals surface area contributed by atoms with Crippen molar-refractivity contribution in [3.63, 3.8) is 0 Å². The van der Waals surface area contributed by atoms with Crippen molar-refractivity contribution in [2.45, 2.75) is 13.8 Å². The molecule has 0 saturated carbocycles. The molecule has 0 aliphatic rings. The van der Waals surface area contributed by atoms with Crippen molar-refractivity contribution in [2.24, 2.45) is 0 Å². The van der Waals surface area contributed by atoms with Gasteiger partial charge in [-0.3, -0.25) is 0 Å². The molecular weight excluding hydrogens is 142 g/mol. The summed E-state index contributed by atoms with van der Waals surface area (Å²) in [7, 11) is -0.262. The Labute approximate surface area is 65.6 Å². The molecule has 1 N–H and O–H groups in total. The lowest BCUT2D eigenvalue weighted by Gasteiger charge is -1.99. The van der Waals surface area contributed by atoms with Crippen LogP contribution in [-0.2, 0) is 4.43 Å². The summed E-state index contributed by atoms with van der Waals surface area (Å²) in [5, 5.41) is 3.27. The summed E-state index contributed by atoms with van der Waals surface area (Å²) in [6.07, 6.45) is 5.24. The molecule has 0 bridgehead atoms. The third-order valence-corrected chi connectivity index (χ3v) is 2.38. The van der Waals surface area contributed by atoms with Crippen molar-refractivity contribution >= 4 is 9.76 Å². The Balaban J connectivity index is 2.77. The lowest BCUT2D eigenvalue weighted by molar-refractivity contribution is 0.358. The van der Waals surface area contributed by atoms with Crippen LogP contribution >= 0.6 is 0 Å². The second-order valence-electron chi connectivity index (χ2n) is 1.97. The van der Waals surface area contributed by atoms with Crippen LogP contribution in [0.5, 0.6) is 0 Å². The lowest BCUT2D eigenvalue weighted by atomic mass is 10.5. The van der Waals surface area contributed by atoms with Gasteiger partial charge in [-0.2, -0.15) is 0 Å². The summed E-state index contributed by atoms with van der Waals surface area (Å²) in [6.45, 7) is 5.93. The molecule has 2 nitrogen and oxygen atoms in total. The van der Waals surface area contributed by atoms with E-state index < -0.39 is 0 Å². The van der Waals surface area contributed by atoms with Gasteiger partial charge in [-0.1, -0.05) is 12.2 Å². The fraction of sp³-hybridized carbons (Fsp3) is 0.714. The Kier molecular flexibility index (Phi) is 8.77. The second kappa shape index (κ2) is 8.88. The summed E-state index contributed by atoms with van der Waals surface area (Å²) >= 11 is 0. The standard InChI is InChI=1S/C7H17NOSi/c1-3-5-6-8-7-10-9-4-2/h3,5,8H,4,6-7,10H2,1-2H3. The molecule has 0 amide bonds. The fourth-order valence-corrected chi connectivity index (χ4v) is 1.37. The van der Waals surface area contributed by atoms with Crippen LogP contribution in [-0.4, -0.2) is 29.1 Å². The van der Waals surface area contributed by atoms with Crippen LogP contribution in [0, 0.1) is 0 Å². The summed E-state index contributed by atoms with van der Waals surface area (Å²) in [5.74, 6) is 0. The van der Waals surface area contributed by atoms with Gasteiger partial charge in [0.1, 0.15) is 0 Å². The first kappa shape index (κ1) is 9.88. The topological polar surface area (TPSA) is 21.3 Å². The van der Waals surface area contributed by atoms with Crippen molar-refractivity contribution in [3.8, 4) is 0 Å². The minimum atomic E-state index is -0.262. The van der Waals surface area contributed by atoms with Crippen LogP contribution in [0.4, 0.5) is 0 Å². The van der Waals surface area contributed by atoms with E-state index >= 15 is 0 Å². The number of hydrogen-bond acceptors (Lipinski definition) is 2. The average Bonchev–Trinajstić information content (AvgIpc) is 1.97. The van der Waals surface area contributed by atoms with Gasteiger partial charge in [-0.05, 0) is 13.8 Å². The molecule has 0 atom stereocenters. The third-order valence-electron chi connectivity index (χ3n) is 1.13. The molecule has 3 heteroatoms. The first-order valence-electron chi connectivity index (χ1n) is 3.81. The first-order valence-corrected chi connectivity index (χ1v) is 5.39. The first-order chi connectivity index (χ1) is 4.91. The van der Waals surface area contributed by atoms with Crippen molar-refractivity contribution < 1.29 is 4.43 Å². The van der Waals surface area contributed by atoms with Gasteiger partial charge in [0, 0.05) is 19.3 Å². The van der Waals surface area contributed by atoms with Crippen LogP contribution in [0.15, 0.2) is 12.2 Å². The molecule has 0 aliphatic heterocycles. The largest absolute Gasteiger partial charge is 0.423 e. The van der Waals surface area contributed by atoms with Crippen LogP contribution in [0.3, 0.4) is 0 Å². The molecular formula is C7H17NOSi. The Morgan fingerprint density at radius 3 is 3.00 bits per heavy atom. The number of hydrogen-bond donors (Lipinski definition) is 1. The highest BCUT2D eigenvalue weighted by molar-refractivity contribution is 6.27. The maximum atomic E-state index is 5.27. The van der Waals surface area contributed by atoms with E-state index in [4.69, 9.17) is 4.43 Å². The summed E-state index contributed by atoms with van der Waals surface area (Å²) in [6, 6.07) is 0. The minimum absolute atomic E-state index is 0.262. The highest BCUT2D eigenvalue weighted by Crippen LogP contribution is 1.68. The maximum Gasteiger partial charge on any atom is 0.175 e. The molecule has 0 aromatic carbocycles. The van der Waals surface area contributed by atoms with E-state index in [0.717, 1.165) is 19.3 Å². The number of rotatable bonds is 6. The van der Waals surface area contributed by atoms with Gasteiger partial charge >= 0.3 is 0 Å². The van der Waals surface area contributed by atoms with Crippen molar-refractivity contribution in [1.29, 1.82) is 0 Å². The average molecular weight is 159 g/mol. The molecule has 0 aromatic rings. The molecule has 0 unspecified atom stereocenters. The molecule has 0 fully saturated rings. The highest BCUT2D eigenvalue weighted by Gasteiger charge is 1.83. The zero-order chi connectivity index (χ0) is 7.66. The molecule has 0 rings (SSSR count). The predicted octanol–water partition coefficient (Wildman–Crippen LogP) is 0.230.